The van der Waals surface area contributed by atoms with E-state index in [1.54, 1.807) is 12.1 Å². The fraction of sp³-hybridized carbons (Fsp3) is 0.235. The molecule has 0 aliphatic heterocycles. The Balaban J connectivity index is 2.18. The van der Waals surface area contributed by atoms with Gasteiger partial charge in [0.25, 0.3) is 0 Å². The SMILES string of the molecule is CCCCn1c(-c2ccc(F)cc2)nc2ccc(Br)cc21. The molecule has 1 heterocycles. The van der Waals surface area contributed by atoms with Gasteiger partial charge < -0.3 is 4.57 Å². The first-order valence-corrected chi connectivity index (χ1v) is 7.90. The van der Waals surface area contributed by atoms with Gasteiger partial charge in [-0.15, -0.1) is 0 Å². The molecule has 2 aromatic carbocycles. The molecule has 0 saturated heterocycles. The molecule has 0 N–H and O–H groups in total. The highest BCUT2D eigenvalue weighted by molar-refractivity contribution is 9.10. The number of aryl methyl sites for hydroxylation is 1. The van der Waals surface area contributed by atoms with E-state index in [2.05, 4.69) is 33.5 Å². The van der Waals surface area contributed by atoms with E-state index < -0.39 is 0 Å². The van der Waals surface area contributed by atoms with Gasteiger partial charge in [-0.2, -0.15) is 0 Å². The van der Waals surface area contributed by atoms with Crippen LogP contribution in [0.2, 0.25) is 0 Å². The van der Waals surface area contributed by atoms with Crippen LogP contribution in [0.15, 0.2) is 46.9 Å². The quantitative estimate of drug-likeness (QED) is 0.617. The Morgan fingerprint density at radius 2 is 1.90 bits per heavy atom. The number of nitrogens with zero attached hydrogens (tertiary/aromatic N) is 2. The Labute approximate surface area is 131 Å². The Kier molecular flexibility index (Phi) is 4.06. The van der Waals surface area contributed by atoms with E-state index in [0.717, 1.165) is 46.3 Å². The van der Waals surface area contributed by atoms with Crippen LogP contribution in [0.25, 0.3) is 22.4 Å². The van der Waals surface area contributed by atoms with Crippen molar-refractivity contribution in [2.45, 2.75) is 26.3 Å². The van der Waals surface area contributed by atoms with Gasteiger partial charge in [-0.1, -0.05) is 29.3 Å². The van der Waals surface area contributed by atoms with Crippen molar-refractivity contribution < 1.29 is 4.39 Å². The van der Waals surface area contributed by atoms with E-state index in [0.29, 0.717) is 0 Å². The summed E-state index contributed by atoms with van der Waals surface area (Å²) >= 11 is 3.52. The first-order valence-electron chi connectivity index (χ1n) is 7.11. The Hall–Kier alpha value is -1.68. The number of rotatable bonds is 4. The van der Waals surface area contributed by atoms with E-state index in [-0.39, 0.29) is 5.82 Å². The second kappa shape index (κ2) is 5.98. The van der Waals surface area contributed by atoms with Gasteiger partial charge in [0.1, 0.15) is 11.6 Å². The molecule has 0 saturated carbocycles. The molecule has 0 aliphatic carbocycles. The van der Waals surface area contributed by atoms with Crippen LogP contribution in [0, 0.1) is 5.82 Å². The van der Waals surface area contributed by atoms with E-state index in [9.17, 15) is 4.39 Å². The number of fused-ring (bicyclic) bond motifs is 1. The zero-order valence-electron chi connectivity index (χ0n) is 11.8. The predicted molar refractivity (Wildman–Crippen MR) is 87.7 cm³/mol. The molecule has 1 aromatic heterocycles. The molecule has 21 heavy (non-hydrogen) atoms. The maximum atomic E-state index is 13.1. The number of halogens is 2. The number of hydrogen-bond donors (Lipinski definition) is 0. The smallest absolute Gasteiger partial charge is 0.141 e. The number of unbranched alkanes of at least 4 members (excludes halogenated alkanes) is 1. The highest BCUT2D eigenvalue weighted by atomic mass is 79.9. The molecule has 3 rings (SSSR count). The van der Waals surface area contributed by atoms with Crippen molar-refractivity contribution >= 4 is 27.0 Å². The van der Waals surface area contributed by atoms with Crippen LogP contribution in [0.4, 0.5) is 4.39 Å². The number of benzene rings is 2. The molecule has 0 aliphatic rings. The lowest BCUT2D eigenvalue weighted by atomic mass is 10.2. The number of aromatic nitrogens is 2. The summed E-state index contributed by atoms with van der Waals surface area (Å²) in [4.78, 5) is 4.73. The number of hydrogen-bond acceptors (Lipinski definition) is 1. The van der Waals surface area contributed by atoms with E-state index in [1.165, 1.54) is 12.1 Å². The van der Waals surface area contributed by atoms with Gasteiger partial charge in [0, 0.05) is 16.6 Å². The first-order chi connectivity index (χ1) is 10.2. The monoisotopic (exact) mass is 346 g/mol. The van der Waals surface area contributed by atoms with Gasteiger partial charge in [0.2, 0.25) is 0 Å². The Morgan fingerprint density at radius 3 is 2.62 bits per heavy atom. The summed E-state index contributed by atoms with van der Waals surface area (Å²) in [6.45, 7) is 3.09. The zero-order chi connectivity index (χ0) is 14.8. The molecule has 0 fully saturated rings. The van der Waals surface area contributed by atoms with Crippen molar-refractivity contribution in [2.75, 3.05) is 0 Å². The second-order valence-corrected chi connectivity index (χ2v) is 6.00. The minimum Gasteiger partial charge on any atom is -0.324 e. The highest BCUT2D eigenvalue weighted by Gasteiger charge is 2.12. The predicted octanol–water partition coefficient (Wildman–Crippen LogP) is 5.41. The molecular weight excluding hydrogens is 331 g/mol. The van der Waals surface area contributed by atoms with Crippen LogP contribution in [-0.4, -0.2) is 9.55 Å². The van der Waals surface area contributed by atoms with Crippen molar-refractivity contribution in [1.29, 1.82) is 0 Å². The van der Waals surface area contributed by atoms with Crippen LogP contribution in [0.5, 0.6) is 0 Å². The molecule has 4 heteroatoms. The van der Waals surface area contributed by atoms with E-state index in [4.69, 9.17) is 4.98 Å². The van der Waals surface area contributed by atoms with Gasteiger partial charge in [-0.05, 0) is 48.9 Å². The maximum absolute atomic E-state index is 13.1. The molecule has 0 bridgehead atoms. The highest BCUT2D eigenvalue weighted by Crippen LogP contribution is 2.27. The lowest BCUT2D eigenvalue weighted by Gasteiger charge is -2.08. The van der Waals surface area contributed by atoms with Crippen molar-refractivity contribution in [3.63, 3.8) is 0 Å². The van der Waals surface area contributed by atoms with E-state index >= 15 is 0 Å². The van der Waals surface area contributed by atoms with Gasteiger partial charge in [-0.25, -0.2) is 9.37 Å². The van der Waals surface area contributed by atoms with Crippen LogP contribution < -0.4 is 0 Å². The average molecular weight is 347 g/mol. The van der Waals surface area contributed by atoms with E-state index in [1.807, 2.05) is 12.1 Å². The summed E-state index contributed by atoms with van der Waals surface area (Å²) in [5.74, 6) is 0.675. The van der Waals surface area contributed by atoms with Gasteiger partial charge in [0.05, 0.1) is 11.0 Å². The Morgan fingerprint density at radius 1 is 1.14 bits per heavy atom. The van der Waals surface area contributed by atoms with Crippen molar-refractivity contribution in [2.24, 2.45) is 0 Å². The van der Waals surface area contributed by atoms with Crippen molar-refractivity contribution in [1.82, 2.24) is 9.55 Å². The molecule has 0 radical (unpaired) electrons. The summed E-state index contributed by atoms with van der Waals surface area (Å²) in [5, 5.41) is 0. The summed E-state index contributed by atoms with van der Waals surface area (Å²) in [7, 11) is 0. The molecule has 0 amide bonds. The van der Waals surface area contributed by atoms with Crippen LogP contribution in [-0.2, 0) is 6.54 Å². The molecule has 108 valence electrons. The average Bonchev–Trinajstić information content (AvgIpc) is 2.83. The normalized spacial score (nSPS) is 11.2. The molecule has 0 unspecified atom stereocenters. The fourth-order valence-corrected chi connectivity index (χ4v) is 2.81. The second-order valence-electron chi connectivity index (χ2n) is 5.08. The van der Waals surface area contributed by atoms with Crippen molar-refractivity contribution in [3.8, 4) is 11.4 Å². The van der Waals surface area contributed by atoms with Gasteiger partial charge >= 0.3 is 0 Å². The molecule has 2 nitrogen and oxygen atoms in total. The number of imidazole rings is 1. The summed E-state index contributed by atoms with van der Waals surface area (Å²) in [5.41, 5.74) is 3.02. The fourth-order valence-electron chi connectivity index (χ4n) is 2.46. The minimum atomic E-state index is -0.224. The molecule has 0 spiro atoms. The van der Waals surface area contributed by atoms with Crippen LogP contribution >= 0.6 is 15.9 Å². The summed E-state index contributed by atoms with van der Waals surface area (Å²) < 4.78 is 16.4. The summed E-state index contributed by atoms with van der Waals surface area (Å²) in [6, 6.07) is 12.6. The topological polar surface area (TPSA) is 17.8 Å². The summed E-state index contributed by atoms with van der Waals surface area (Å²) in [6.07, 6.45) is 2.21. The van der Waals surface area contributed by atoms with Crippen molar-refractivity contribution in [3.05, 3.63) is 52.8 Å². The lowest BCUT2D eigenvalue weighted by molar-refractivity contribution is 0.627. The molecule has 0 atom stereocenters. The largest absolute Gasteiger partial charge is 0.324 e. The van der Waals surface area contributed by atoms with Crippen LogP contribution in [0.1, 0.15) is 19.8 Å². The first kappa shape index (κ1) is 14.3. The third-order valence-corrected chi connectivity index (χ3v) is 4.04. The Bertz CT molecular complexity index is 762. The minimum absolute atomic E-state index is 0.224. The molecule has 3 aromatic rings. The third-order valence-electron chi connectivity index (χ3n) is 3.55. The lowest BCUT2D eigenvalue weighted by Crippen LogP contribution is -2.00. The van der Waals surface area contributed by atoms with Crippen LogP contribution in [0.3, 0.4) is 0 Å². The molecular formula is C17H16BrFN2. The van der Waals surface area contributed by atoms with Gasteiger partial charge in [-0.3, -0.25) is 0 Å². The standard InChI is InChI=1S/C17H16BrFN2/c1-2-3-10-21-16-11-13(18)6-9-15(16)20-17(21)12-4-7-14(19)8-5-12/h4-9,11H,2-3,10H2,1H3. The third kappa shape index (κ3) is 2.86. The maximum Gasteiger partial charge on any atom is 0.141 e. The zero-order valence-corrected chi connectivity index (χ0v) is 13.4. The van der Waals surface area contributed by atoms with Gasteiger partial charge in [0.15, 0.2) is 0 Å².